The number of fused-ring (bicyclic) bond motifs is 1. The Morgan fingerprint density at radius 3 is 2.80 bits per heavy atom. The lowest BCUT2D eigenvalue weighted by Crippen LogP contribution is -2.33. The number of hydrogen-bond acceptors (Lipinski definition) is 2. The second kappa shape index (κ2) is 3.16. The molecule has 0 amide bonds. The molecule has 1 aromatic rings. The van der Waals surface area contributed by atoms with Crippen LogP contribution in [-0.2, 0) is 6.42 Å². The Hall–Kier alpha value is -1.18. The summed E-state index contributed by atoms with van der Waals surface area (Å²) in [5.74, 6) is 0.370. The molecule has 0 atom stereocenters. The average Bonchev–Trinajstić information content (AvgIpc) is 2.74. The van der Waals surface area contributed by atoms with Crippen LogP contribution in [0.4, 0.5) is 0 Å². The van der Waals surface area contributed by atoms with Crippen LogP contribution in [0.15, 0.2) is 18.5 Å². The first kappa shape index (κ1) is 9.08. The number of carbonyl (C=O) groups is 1. The lowest BCUT2D eigenvalue weighted by molar-refractivity contribution is 0.0765. The van der Waals surface area contributed by atoms with E-state index in [-0.39, 0.29) is 5.41 Å². The summed E-state index contributed by atoms with van der Waals surface area (Å²) in [4.78, 5) is 16.5. The summed E-state index contributed by atoms with van der Waals surface area (Å²) < 4.78 is 0. The van der Waals surface area contributed by atoms with Gasteiger partial charge in [-0.05, 0) is 37.3 Å². The van der Waals surface area contributed by atoms with Crippen LogP contribution < -0.4 is 0 Å². The second-order valence-electron chi connectivity index (χ2n) is 4.85. The fourth-order valence-electron chi connectivity index (χ4n) is 3.15. The SMILES string of the molecule is O=C1c2cnccc2CCC12CCCC2. The van der Waals surface area contributed by atoms with Gasteiger partial charge in [-0.3, -0.25) is 9.78 Å². The zero-order valence-corrected chi connectivity index (χ0v) is 8.83. The van der Waals surface area contributed by atoms with Gasteiger partial charge in [0.05, 0.1) is 0 Å². The molecule has 0 aromatic carbocycles. The van der Waals surface area contributed by atoms with Crippen molar-refractivity contribution in [2.45, 2.75) is 38.5 Å². The maximum Gasteiger partial charge on any atom is 0.170 e. The van der Waals surface area contributed by atoms with Gasteiger partial charge in [-0.15, -0.1) is 0 Å². The van der Waals surface area contributed by atoms with Gasteiger partial charge in [0.15, 0.2) is 5.78 Å². The molecule has 1 fully saturated rings. The summed E-state index contributed by atoms with van der Waals surface area (Å²) in [6, 6.07) is 2.00. The van der Waals surface area contributed by atoms with E-state index in [0.717, 1.165) is 31.2 Å². The molecule has 1 aromatic heterocycles. The Morgan fingerprint density at radius 1 is 1.20 bits per heavy atom. The first-order valence-corrected chi connectivity index (χ1v) is 5.80. The molecular weight excluding hydrogens is 186 g/mol. The van der Waals surface area contributed by atoms with Crippen LogP contribution in [0.25, 0.3) is 0 Å². The highest BCUT2D eigenvalue weighted by Gasteiger charge is 2.44. The van der Waals surface area contributed by atoms with Crippen molar-refractivity contribution in [1.82, 2.24) is 4.98 Å². The Kier molecular flexibility index (Phi) is 1.91. The summed E-state index contributed by atoms with van der Waals surface area (Å²) in [6.45, 7) is 0. The van der Waals surface area contributed by atoms with E-state index >= 15 is 0 Å². The van der Waals surface area contributed by atoms with E-state index < -0.39 is 0 Å². The van der Waals surface area contributed by atoms with Gasteiger partial charge in [-0.25, -0.2) is 0 Å². The van der Waals surface area contributed by atoms with Gasteiger partial charge in [0.1, 0.15) is 0 Å². The quantitative estimate of drug-likeness (QED) is 0.646. The topological polar surface area (TPSA) is 30.0 Å². The van der Waals surface area contributed by atoms with Gasteiger partial charge in [0, 0.05) is 23.4 Å². The van der Waals surface area contributed by atoms with Crippen LogP contribution in [0.3, 0.4) is 0 Å². The third-order valence-corrected chi connectivity index (χ3v) is 4.07. The minimum Gasteiger partial charge on any atom is -0.293 e. The zero-order chi connectivity index (χ0) is 10.3. The first-order chi connectivity index (χ1) is 7.32. The second-order valence-corrected chi connectivity index (χ2v) is 4.85. The standard InChI is InChI=1S/C13H15NO/c15-12-11-9-14-8-4-10(11)3-7-13(12)5-1-2-6-13/h4,8-9H,1-3,5-7H2. The predicted molar refractivity (Wildman–Crippen MR) is 57.8 cm³/mol. The van der Waals surface area contributed by atoms with E-state index in [1.807, 2.05) is 6.07 Å². The van der Waals surface area contributed by atoms with Crippen molar-refractivity contribution in [3.63, 3.8) is 0 Å². The van der Waals surface area contributed by atoms with Crippen LogP contribution in [-0.4, -0.2) is 10.8 Å². The Labute approximate surface area is 89.7 Å². The fourth-order valence-corrected chi connectivity index (χ4v) is 3.15. The molecule has 1 spiro atoms. The van der Waals surface area contributed by atoms with E-state index in [0.29, 0.717) is 5.78 Å². The highest BCUT2D eigenvalue weighted by Crippen LogP contribution is 2.47. The van der Waals surface area contributed by atoms with Gasteiger partial charge in [-0.1, -0.05) is 12.8 Å². The van der Waals surface area contributed by atoms with Crippen LogP contribution in [0.5, 0.6) is 0 Å². The van der Waals surface area contributed by atoms with Crippen molar-refractivity contribution < 1.29 is 4.79 Å². The third-order valence-electron chi connectivity index (χ3n) is 4.07. The molecule has 0 unspecified atom stereocenters. The number of ketones is 1. The highest BCUT2D eigenvalue weighted by molar-refractivity contribution is 6.02. The molecule has 3 rings (SSSR count). The lowest BCUT2D eigenvalue weighted by Gasteiger charge is -2.32. The summed E-state index contributed by atoms with van der Waals surface area (Å²) in [5, 5.41) is 0. The summed E-state index contributed by atoms with van der Waals surface area (Å²) >= 11 is 0. The molecule has 0 saturated heterocycles. The zero-order valence-electron chi connectivity index (χ0n) is 8.83. The van der Waals surface area contributed by atoms with Crippen LogP contribution in [0.1, 0.15) is 48.0 Å². The molecule has 0 radical (unpaired) electrons. The van der Waals surface area contributed by atoms with Crippen LogP contribution in [0.2, 0.25) is 0 Å². The summed E-state index contributed by atoms with van der Waals surface area (Å²) in [5.41, 5.74) is 2.09. The molecular formula is C13H15NO. The van der Waals surface area contributed by atoms with E-state index in [1.54, 1.807) is 12.4 Å². The van der Waals surface area contributed by atoms with Crippen molar-refractivity contribution in [2.75, 3.05) is 0 Å². The summed E-state index contributed by atoms with van der Waals surface area (Å²) in [7, 11) is 0. The first-order valence-electron chi connectivity index (χ1n) is 5.80. The van der Waals surface area contributed by atoms with Crippen molar-refractivity contribution in [2.24, 2.45) is 5.41 Å². The Morgan fingerprint density at radius 2 is 2.00 bits per heavy atom. The highest BCUT2D eigenvalue weighted by atomic mass is 16.1. The molecule has 0 bridgehead atoms. The number of aryl methyl sites for hydroxylation is 1. The average molecular weight is 201 g/mol. The van der Waals surface area contributed by atoms with Crippen molar-refractivity contribution in [1.29, 1.82) is 0 Å². The molecule has 2 heteroatoms. The van der Waals surface area contributed by atoms with Gasteiger partial charge < -0.3 is 0 Å². The maximum atomic E-state index is 12.4. The molecule has 0 aliphatic heterocycles. The largest absolute Gasteiger partial charge is 0.293 e. The Bertz CT molecular complexity index is 405. The number of carbonyl (C=O) groups excluding carboxylic acids is 1. The monoisotopic (exact) mass is 201 g/mol. The summed E-state index contributed by atoms with van der Waals surface area (Å²) in [6.07, 6.45) is 10.3. The van der Waals surface area contributed by atoms with Crippen LogP contribution in [0, 0.1) is 5.41 Å². The number of pyridine rings is 1. The van der Waals surface area contributed by atoms with E-state index in [2.05, 4.69) is 4.98 Å². The van der Waals surface area contributed by atoms with Crippen molar-refractivity contribution in [3.05, 3.63) is 29.6 Å². The number of Topliss-reactive ketones (excluding diaryl/α,β-unsaturated/α-hetero) is 1. The van der Waals surface area contributed by atoms with Gasteiger partial charge in [0.2, 0.25) is 0 Å². The Balaban J connectivity index is 2.05. The predicted octanol–water partition coefficient (Wildman–Crippen LogP) is 2.77. The van der Waals surface area contributed by atoms with E-state index in [4.69, 9.17) is 0 Å². The van der Waals surface area contributed by atoms with Crippen LogP contribution >= 0.6 is 0 Å². The fraction of sp³-hybridized carbons (Fsp3) is 0.538. The minimum atomic E-state index is -0.00394. The van der Waals surface area contributed by atoms with Crippen molar-refractivity contribution >= 4 is 5.78 Å². The normalized spacial score (nSPS) is 23.1. The lowest BCUT2D eigenvalue weighted by atomic mass is 9.70. The molecule has 1 heterocycles. The number of aromatic nitrogens is 1. The molecule has 1 saturated carbocycles. The number of hydrogen-bond donors (Lipinski definition) is 0. The molecule has 2 nitrogen and oxygen atoms in total. The third kappa shape index (κ3) is 1.24. The number of nitrogens with zero attached hydrogens (tertiary/aromatic N) is 1. The smallest absolute Gasteiger partial charge is 0.170 e. The van der Waals surface area contributed by atoms with Gasteiger partial charge in [0.25, 0.3) is 0 Å². The maximum absolute atomic E-state index is 12.4. The van der Waals surface area contributed by atoms with Gasteiger partial charge >= 0.3 is 0 Å². The van der Waals surface area contributed by atoms with Crippen molar-refractivity contribution in [3.8, 4) is 0 Å². The van der Waals surface area contributed by atoms with Gasteiger partial charge in [-0.2, -0.15) is 0 Å². The number of rotatable bonds is 0. The molecule has 2 aliphatic rings. The molecule has 2 aliphatic carbocycles. The van der Waals surface area contributed by atoms with E-state index in [1.165, 1.54) is 18.4 Å². The molecule has 0 N–H and O–H groups in total. The minimum absolute atomic E-state index is 0.00394. The van der Waals surface area contributed by atoms with E-state index in [9.17, 15) is 4.79 Å². The molecule has 15 heavy (non-hydrogen) atoms. The molecule has 78 valence electrons.